The van der Waals surface area contributed by atoms with E-state index in [0.29, 0.717) is 9.49 Å². The number of halogens is 1. The first-order chi connectivity index (χ1) is 8.25. The topological polar surface area (TPSA) is 47.3 Å². The number of hydrogen-bond acceptors (Lipinski definition) is 4. The van der Waals surface area contributed by atoms with Crippen molar-refractivity contribution in [3.63, 3.8) is 0 Å². The van der Waals surface area contributed by atoms with Crippen LogP contribution in [-0.2, 0) is 0 Å². The molecular formula is C11H6BrN3OS. The standard InChI is InChI=1S/C11H6BrN3OS/c12-8-4-2-1-3-7(8)5-9-10(16)15-11(17-9)13-6-14-15/h1-6H/b9-5+. The SMILES string of the molecule is O=c1/c(=C\c2ccccc2Br)sc2ncnn12. The van der Waals surface area contributed by atoms with Crippen LogP contribution in [0, 0.1) is 0 Å². The van der Waals surface area contributed by atoms with Gasteiger partial charge in [0.05, 0.1) is 4.53 Å². The van der Waals surface area contributed by atoms with Crippen molar-refractivity contribution in [3.8, 4) is 0 Å². The van der Waals surface area contributed by atoms with Gasteiger partial charge in [-0.15, -0.1) is 0 Å². The van der Waals surface area contributed by atoms with Crippen molar-refractivity contribution in [2.45, 2.75) is 0 Å². The Kier molecular flexibility index (Phi) is 2.53. The smallest absolute Gasteiger partial charge is 0.266 e. The molecule has 1 aromatic carbocycles. The monoisotopic (exact) mass is 307 g/mol. The van der Waals surface area contributed by atoms with Crippen molar-refractivity contribution >= 4 is 38.3 Å². The molecule has 17 heavy (non-hydrogen) atoms. The van der Waals surface area contributed by atoms with E-state index >= 15 is 0 Å². The highest BCUT2D eigenvalue weighted by Gasteiger charge is 2.05. The molecule has 6 heteroatoms. The molecule has 2 heterocycles. The van der Waals surface area contributed by atoms with Crippen LogP contribution in [0.15, 0.2) is 39.9 Å². The normalized spacial score (nSPS) is 12.4. The van der Waals surface area contributed by atoms with Crippen LogP contribution in [0.1, 0.15) is 5.56 Å². The van der Waals surface area contributed by atoms with Crippen molar-refractivity contribution in [3.05, 3.63) is 55.5 Å². The van der Waals surface area contributed by atoms with E-state index in [9.17, 15) is 4.79 Å². The van der Waals surface area contributed by atoms with Crippen molar-refractivity contribution in [2.75, 3.05) is 0 Å². The third-order valence-corrected chi connectivity index (χ3v) is 4.01. The van der Waals surface area contributed by atoms with Gasteiger partial charge in [0, 0.05) is 4.47 Å². The summed E-state index contributed by atoms with van der Waals surface area (Å²) in [4.78, 5) is 16.6. The summed E-state index contributed by atoms with van der Waals surface area (Å²) in [7, 11) is 0. The van der Waals surface area contributed by atoms with Crippen LogP contribution in [0.3, 0.4) is 0 Å². The molecule has 0 aliphatic rings. The molecular weight excluding hydrogens is 302 g/mol. The van der Waals surface area contributed by atoms with E-state index < -0.39 is 0 Å². The molecule has 0 N–H and O–H groups in total. The quantitative estimate of drug-likeness (QED) is 0.684. The predicted molar refractivity (Wildman–Crippen MR) is 70.1 cm³/mol. The lowest BCUT2D eigenvalue weighted by molar-refractivity contribution is 0.932. The molecule has 0 unspecified atom stereocenters. The third-order valence-electron chi connectivity index (χ3n) is 2.31. The molecule has 0 bridgehead atoms. The Morgan fingerprint density at radius 3 is 2.94 bits per heavy atom. The fourth-order valence-corrected chi connectivity index (χ4v) is 2.78. The molecule has 0 atom stereocenters. The van der Waals surface area contributed by atoms with Gasteiger partial charge in [0.2, 0.25) is 4.96 Å². The number of rotatable bonds is 1. The van der Waals surface area contributed by atoms with Gasteiger partial charge in [-0.1, -0.05) is 45.5 Å². The van der Waals surface area contributed by atoms with Gasteiger partial charge in [-0.05, 0) is 17.7 Å². The maximum Gasteiger partial charge on any atom is 0.291 e. The Morgan fingerprint density at radius 2 is 2.18 bits per heavy atom. The van der Waals surface area contributed by atoms with Crippen LogP contribution >= 0.6 is 27.3 Å². The first-order valence-corrected chi connectivity index (χ1v) is 6.45. The minimum absolute atomic E-state index is 0.127. The zero-order chi connectivity index (χ0) is 11.8. The average molecular weight is 308 g/mol. The van der Waals surface area contributed by atoms with E-state index in [1.54, 1.807) is 0 Å². The largest absolute Gasteiger partial charge is 0.291 e. The number of hydrogen-bond donors (Lipinski definition) is 0. The van der Waals surface area contributed by atoms with Gasteiger partial charge >= 0.3 is 0 Å². The number of thiazole rings is 1. The first-order valence-electron chi connectivity index (χ1n) is 4.84. The van der Waals surface area contributed by atoms with Gasteiger partial charge in [0.15, 0.2) is 0 Å². The fraction of sp³-hybridized carbons (Fsp3) is 0. The summed E-state index contributed by atoms with van der Waals surface area (Å²) in [6.07, 6.45) is 3.23. The minimum Gasteiger partial charge on any atom is -0.266 e. The molecule has 0 fully saturated rings. The first kappa shape index (κ1) is 10.6. The molecule has 2 aromatic heterocycles. The second-order valence-electron chi connectivity index (χ2n) is 3.39. The lowest BCUT2D eigenvalue weighted by atomic mass is 10.2. The number of aromatic nitrogens is 3. The van der Waals surface area contributed by atoms with Crippen molar-refractivity contribution in [2.24, 2.45) is 0 Å². The predicted octanol–water partition coefficient (Wildman–Crippen LogP) is 1.46. The van der Waals surface area contributed by atoms with E-state index in [1.807, 2.05) is 30.3 Å². The molecule has 0 radical (unpaired) electrons. The third kappa shape index (κ3) is 1.79. The zero-order valence-corrected chi connectivity index (χ0v) is 10.9. The van der Waals surface area contributed by atoms with Gasteiger partial charge < -0.3 is 0 Å². The molecule has 4 nitrogen and oxygen atoms in total. The molecule has 0 amide bonds. The number of nitrogens with zero attached hydrogens (tertiary/aromatic N) is 3. The van der Waals surface area contributed by atoms with Gasteiger partial charge in [-0.25, -0.2) is 4.98 Å². The summed E-state index contributed by atoms with van der Waals surface area (Å²) in [5.41, 5.74) is 0.840. The summed E-state index contributed by atoms with van der Waals surface area (Å²) >= 11 is 4.78. The highest BCUT2D eigenvalue weighted by molar-refractivity contribution is 9.10. The Bertz CT molecular complexity index is 793. The molecule has 0 spiro atoms. The van der Waals surface area contributed by atoms with E-state index in [4.69, 9.17) is 0 Å². The lowest BCUT2D eigenvalue weighted by Gasteiger charge is -1.94. The fourth-order valence-electron chi connectivity index (χ4n) is 1.51. The maximum absolute atomic E-state index is 11.9. The highest BCUT2D eigenvalue weighted by Crippen LogP contribution is 2.16. The van der Waals surface area contributed by atoms with Crippen LogP contribution in [0.4, 0.5) is 0 Å². The van der Waals surface area contributed by atoms with Gasteiger partial charge in [0.1, 0.15) is 6.33 Å². The summed E-state index contributed by atoms with van der Waals surface area (Å²) in [6.45, 7) is 0. The van der Waals surface area contributed by atoms with Crippen LogP contribution < -0.4 is 10.1 Å². The zero-order valence-electron chi connectivity index (χ0n) is 8.50. The van der Waals surface area contributed by atoms with Crippen molar-refractivity contribution in [1.29, 1.82) is 0 Å². The lowest BCUT2D eigenvalue weighted by Crippen LogP contribution is -2.23. The second kappa shape index (κ2) is 4.05. The summed E-state index contributed by atoms with van der Waals surface area (Å²) in [5, 5.41) is 3.87. The van der Waals surface area contributed by atoms with E-state index in [0.717, 1.165) is 10.0 Å². The van der Waals surface area contributed by atoms with Crippen LogP contribution in [-0.4, -0.2) is 14.6 Å². The number of benzene rings is 1. The van der Waals surface area contributed by atoms with E-state index in [1.165, 1.54) is 22.2 Å². The van der Waals surface area contributed by atoms with Gasteiger partial charge in [-0.2, -0.15) is 9.61 Å². The Morgan fingerprint density at radius 1 is 1.35 bits per heavy atom. The summed E-state index contributed by atoms with van der Waals surface area (Å²) in [5.74, 6) is 0. The Labute approximate surface area is 108 Å². The molecule has 0 aliphatic heterocycles. The van der Waals surface area contributed by atoms with E-state index in [-0.39, 0.29) is 5.56 Å². The van der Waals surface area contributed by atoms with Crippen LogP contribution in [0.5, 0.6) is 0 Å². The maximum atomic E-state index is 11.9. The summed E-state index contributed by atoms with van der Waals surface area (Å²) < 4.78 is 2.90. The van der Waals surface area contributed by atoms with Crippen molar-refractivity contribution < 1.29 is 0 Å². The minimum atomic E-state index is -0.127. The molecule has 3 aromatic rings. The van der Waals surface area contributed by atoms with Crippen LogP contribution in [0.2, 0.25) is 0 Å². The Hall–Kier alpha value is -1.53. The molecule has 3 rings (SSSR count). The Balaban J connectivity index is 2.28. The number of fused-ring (bicyclic) bond motifs is 1. The van der Waals surface area contributed by atoms with Crippen LogP contribution in [0.25, 0.3) is 11.0 Å². The molecule has 0 aliphatic carbocycles. The summed E-state index contributed by atoms with van der Waals surface area (Å²) in [6, 6.07) is 7.74. The van der Waals surface area contributed by atoms with E-state index in [2.05, 4.69) is 26.0 Å². The average Bonchev–Trinajstić information content (AvgIpc) is 2.87. The highest BCUT2D eigenvalue weighted by atomic mass is 79.9. The van der Waals surface area contributed by atoms with Gasteiger partial charge in [-0.3, -0.25) is 4.79 Å². The van der Waals surface area contributed by atoms with Gasteiger partial charge in [0.25, 0.3) is 5.56 Å². The molecule has 0 saturated carbocycles. The van der Waals surface area contributed by atoms with Crippen molar-refractivity contribution in [1.82, 2.24) is 14.6 Å². The second-order valence-corrected chi connectivity index (χ2v) is 5.26. The molecule has 84 valence electrons. The molecule has 0 saturated heterocycles.